The first-order valence-electron chi connectivity index (χ1n) is 2.75. The summed E-state index contributed by atoms with van der Waals surface area (Å²) in [7, 11) is 0. The van der Waals surface area contributed by atoms with Crippen molar-refractivity contribution in [2.75, 3.05) is 6.54 Å². The molecule has 8 heavy (non-hydrogen) atoms. The van der Waals surface area contributed by atoms with Gasteiger partial charge in [0.05, 0.1) is 5.71 Å². The SMILES string of the molecule is CCCC(CN)=NO. The van der Waals surface area contributed by atoms with Crippen molar-refractivity contribution >= 4 is 5.71 Å². The van der Waals surface area contributed by atoms with E-state index in [0.29, 0.717) is 12.3 Å². The molecular weight excluding hydrogens is 104 g/mol. The van der Waals surface area contributed by atoms with Crippen molar-refractivity contribution in [3.05, 3.63) is 0 Å². The minimum atomic E-state index is 0.365. The van der Waals surface area contributed by atoms with Crippen LogP contribution in [-0.2, 0) is 0 Å². The predicted molar refractivity (Wildman–Crippen MR) is 33.2 cm³/mol. The van der Waals surface area contributed by atoms with Crippen LogP contribution in [0, 0.1) is 0 Å². The Morgan fingerprint density at radius 1 is 1.75 bits per heavy atom. The molecule has 48 valence electrons. The fourth-order valence-electron chi connectivity index (χ4n) is 0.481. The second-order valence-corrected chi connectivity index (χ2v) is 1.62. The maximum Gasteiger partial charge on any atom is 0.0706 e. The molecule has 0 aliphatic carbocycles. The van der Waals surface area contributed by atoms with Crippen LogP contribution in [0.3, 0.4) is 0 Å². The van der Waals surface area contributed by atoms with E-state index in [1.54, 1.807) is 0 Å². The summed E-state index contributed by atoms with van der Waals surface area (Å²) in [5, 5.41) is 11.2. The van der Waals surface area contributed by atoms with Crippen LogP contribution in [0.25, 0.3) is 0 Å². The minimum absolute atomic E-state index is 0.365. The molecule has 0 aromatic carbocycles. The third-order valence-electron chi connectivity index (χ3n) is 0.916. The molecule has 3 heteroatoms. The molecule has 3 N–H and O–H groups in total. The van der Waals surface area contributed by atoms with Crippen LogP contribution in [0.5, 0.6) is 0 Å². The van der Waals surface area contributed by atoms with Crippen molar-refractivity contribution in [2.24, 2.45) is 10.9 Å². The largest absolute Gasteiger partial charge is 0.411 e. The molecule has 0 aromatic rings. The fraction of sp³-hybridized carbons (Fsp3) is 0.800. The molecule has 0 amide bonds. The zero-order valence-electron chi connectivity index (χ0n) is 5.09. The van der Waals surface area contributed by atoms with Crippen molar-refractivity contribution in [2.45, 2.75) is 19.8 Å². The molecule has 0 heterocycles. The van der Waals surface area contributed by atoms with Crippen LogP contribution >= 0.6 is 0 Å². The summed E-state index contributed by atoms with van der Waals surface area (Å²) in [6.07, 6.45) is 1.78. The molecule has 0 aromatic heterocycles. The van der Waals surface area contributed by atoms with Gasteiger partial charge in [0.2, 0.25) is 0 Å². The lowest BCUT2D eigenvalue weighted by atomic mass is 10.2. The van der Waals surface area contributed by atoms with Crippen molar-refractivity contribution in [1.29, 1.82) is 0 Å². The molecule has 0 radical (unpaired) electrons. The van der Waals surface area contributed by atoms with Gasteiger partial charge < -0.3 is 10.9 Å². The Balaban J connectivity index is 3.38. The molecule has 0 atom stereocenters. The van der Waals surface area contributed by atoms with E-state index in [1.807, 2.05) is 6.92 Å². The van der Waals surface area contributed by atoms with Crippen LogP contribution < -0.4 is 5.73 Å². The van der Waals surface area contributed by atoms with Gasteiger partial charge in [0, 0.05) is 6.54 Å². The van der Waals surface area contributed by atoms with Gasteiger partial charge in [-0.15, -0.1) is 0 Å². The van der Waals surface area contributed by atoms with Crippen molar-refractivity contribution < 1.29 is 5.21 Å². The van der Waals surface area contributed by atoms with Gasteiger partial charge in [-0.3, -0.25) is 0 Å². The molecule has 0 aliphatic rings. The molecule has 0 unspecified atom stereocenters. The van der Waals surface area contributed by atoms with Crippen LogP contribution in [0.1, 0.15) is 19.8 Å². The van der Waals surface area contributed by atoms with E-state index in [9.17, 15) is 0 Å². The van der Waals surface area contributed by atoms with Crippen molar-refractivity contribution in [3.63, 3.8) is 0 Å². The van der Waals surface area contributed by atoms with Gasteiger partial charge in [-0.1, -0.05) is 18.5 Å². The first kappa shape index (κ1) is 7.43. The lowest BCUT2D eigenvalue weighted by Crippen LogP contribution is -2.12. The van der Waals surface area contributed by atoms with Crippen molar-refractivity contribution in [1.82, 2.24) is 0 Å². The Kier molecular flexibility index (Phi) is 4.26. The minimum Gasteiger partial charge on any atom is -0.411 e. The van der Waals surface area contributed by atoms with Gasteiger partial charge in [0.15, 0.2) is 0 Å². The predicted octanol–water partition coefficient (Wildman–Crippen LogP) is 0.575. The highest BCUT2D eigenvalue weighted by Gasteiger charge is 1.91. The highest BCUT2D eigenvalue weighted by atomic mass is 16.4. The number of nitrogens with zero attached hydrogens (tertiary/aromatic N) is 1. The summed E-state index contributed by atoms with van der Waals surface area (Å²) in [6, 6.07) is 0. The molecule has 0 saturated carbocycles. The summed E-state index contributed by atoms with van der Waals surface area (Å²) in [4.78, 5) is 0. The standard InChI is InChI=1S/C5H12N2O/c1-2-3-5(4-6)7-8/h8H,2-4,6H2,1H3. The Morgan fingerprint density at radius 2 is 2.38 bits per heavy atom. The van der Waals surface area contributed by atoms with Gasteiger partial charge >= 0.3 is 0 Å². The second-order valence-electron chi connectivity index (χ2n) is 1.62. The number of rotatable bonds is 3. The highest BCUT2D eigenvalue weighted by molar-refractivity contribution is 5.85. The summed E-state index contributed by atoms with van der Waals surface area (Å²) in [6.45, 7) is 2.38. The molecule has 0 rings (SSSR count). The van der Waals surface area contributed by atoms with E-state index in [2.05, 4.69) is 5.16 Å². The third kappa shape index (κ3) is 2.58. The molecular formula is C5H12N2O. The molecule has 0 bridgehead atoms. The van der Waals surface area contributed by atoms with Crippen LogP contribution in [0.4, 0.5) is 0 Å². The van der Waals surface area contributed by atoms with E-state index >= 15 is 0 Å². The molecule has 3 nitrogen and oxygen atoms in total. The Morgan fingerprint density at radius 3 is 2.50 bits per heavy atom. The van der Waals surface area contributed by atoms with E-state index in [-0.39, 0.29) is 0 Å². The number of nitrogens with two attached hydrogens (primary N) is 1. The number of hydrogen-bond acceptors (Lipinski definition) is 3. The quantitative estimate of drug-likeness (QED) is 0.322. The zero-order chi connectivity index (χ0) is 6.41. The maximum absolute atomic E-state index is 8.17. The molecule has 0 fully saturated rings. The van der Waals surface area contributed by atoms with E-state index < -0.39 is 0 Å². The van der Waals surface area contributed by atoms with Crippen molar-refractivity contribution in [3.8, 4) is 0 Å². The van der Waals surface area contributed by atoms with E-state index in [0.717, 1.165) is 12.8 Å². The average Bonchev–Trinajstić information content (AvgIpc) is 1.83. The molecule has 0 aliphatic heterocycles. The second kappa shape index (κ2) is 4.59. The third-order valence-corrected chi connectivity index (χ3v) is 0.916. The molecule has 0 spiro atoms. The Labute approximate surface area is 49.2 Å². The fourth-order valence-corrected chi connectivity index (χ4v) is 0.481. The average molecular weight is 116 g/mol. The molecule has 0 saturated heterocycles. The van der Waals surface area contributed by atoms with Crippen LogP contribution in [0.15, 0.2) is 5.16 Å². The van der Waals surface area contributed by atoms with Gasteiger partial charge in [0.25, 0.3) is 0 Å². The normalized spacial score (nSPS) is 12.0. The smallest absolute Gasteiger partial charge is 0.0706 e. The maximum atomic E-state index is 8.17. The van der Waals surface area contributed by atoms with Gasteiger partial charge in [0.1, 0.15) is 0 Å². The summed E-state index contributed by atoms with van der Waals surface area (Å²) < 4.78 is 0. The topological polar surface area (TPSA) is 58.6 Å². The van der Waals surface area contributed by atoms with Crippen LogP contribution in [0.2, 0.25) is 0 Å². The lowest BCUT2D eigenvalue weighted by molar-refractivity contribution is 0.316. The van der Waals surface area contributed by atoms with E-state index in [1.165, 1.54) is 0 Å². The Bertz CT molecular complexity index is 80.5. The highest BCUT2D eigenvalue weighted by Crippen LogP contribution is 1.88. The zero-order valence-corrected chi connectivity index (χ0v) is 5.09. The summed E-state index contributed by atoms with van der Waals surface area (Å²) in [5.41, 5.74) is 5.85. The monoisotopic (exact) mass is 116 g/mol. The number of hydrogen-bond donors (Lipinski definition) is 2. The first-order valence-corrected chi connectivity index (χ1v) is 2.75. The summed E-state index contributed by atoms with van der Waals surface area (Å²) in [5.74, 6) is 0. The lowest BCUT2D eigenvalue weighted by Gasteiger charge is -1.94. The number of oxime groups is 1. The van der Waals surface area contributed by atoms with Gasteiger partial charge in [-0.25, -0.2) is 0 Å². The van der Waals surface area contributed by atoms with Gasteiger partial charge in [-0.2, -0.15) is 0 Å². The first-order chi connectivity index (χ1) is 3.85. The van der Waals surface area contributed by atoms with Gasteiger partial charge in [-0.05, 0) is 6.42 Å². The Hall–Kier alpha value is -0.570. The summed E-state index contributed by atoms with van der Waals surface area (Å²) >= 11 is 0. The van der Waals surface area contributed by atoms with E-state index in [4.69, 9.17) is 10.9 Å². The van der Waals surface area contributed by atoms with Crippen LogP contribution in [-0.4, -0.2) is 17.5 Å².